The Morgan fingerprint density at radius 2 is 1.86 bits per heavy atom. The van der Waals surface area contributed by atoms with Gasteiger partial charge in [0.25, 0.3) is 5.91 Å². The number of halogens is 1. The summed E-state index contributed by atoms with van der Waals surface area (Å²) in [6.45, 7) is 4.25. The number of amides is 1. The molecule has 0 aliphatic carbocycles. The number of carbonyl (C=O) groups is 1. The van der Waals surface area contributed by atoms with Crippen molar-refractivity contribution in [1.82, 2.24) is 9.80 Å². The van der Waals surface area contributed by atoms with Gasteiger partial charge in [0.05, 0.1) is 6.04 Å². The average Bonchev–Trinajstić information content (AvgIpc) is 2.53. The second kappa shape index (κ2) is 6.53. The smallest absolute Gasteiger partial charge is 0.253 e. The van der Waals surface area contributed by atoms with Crippen LogP contribution in [0, 0.1) is 5.82 Å². The molecule has 1 atom stereocenters. The monoisotopic (exact) mass is 294 g/mol. The van der Waals surface area contributed by atoms with Gasteiger partial charge in [0.15, 0.2) is 5.84 Å². The summed E-state index contributed by atoms with van der Waals surface area (Å²) in [7, 11) is 0. The first-order chi connectivity index (χ1) is 10.0. The normalized spacial score (nSPS) is 18.6. The van der Waals surface area contributed by atoms with Crippen molar-refractivity contribution in [3.8, 4) is 0 Å². The predicted octanol–water partition coefficient (Wildman–Crippen LogP) is 0.718. The van der Waals surface area contributed by atoms with Crippen LogP contribution in [0.1, 0.15) is 17.3 Å². The van der Waals surface area contributed by atoms with Crippen molar-refractivity contribution in [2.45, 2.75) is 13.0 Å². The molecule has 1 heterocycles. The van der Waals surface area contributed by atoms with Gasteiger partial charge < -0.3 is 15.8 Å². The second-order valence-corrected chi connectivity index (χ2v) is 5.04. The molecule has 1 aliphatic rings. The molecule has 1 saturated heterocycles. The molecule has 0 bridgehead atoms. The Hall–Kier alpha value is -2.15. The largest absolute Gasteiger partial charge is 0.409 e. The summed E-state index contributed by atoms with van der Waals surface area (Å²) < 4.78 is 12.9. The fourth-order valence-corrected chi connectivity index (χ4v) is 2.36. The first kappa shape index (κ1) is 15.2. The topological polar surface area (TPSA) is 82.2 Å². The first-order valence-electron chi connectivity index (χ1n) is 6.79. The molecule has 1 unspecified atom stereocenters. The fraction of sp³-hybridized carbons (Fsp3) is 0.429. The van der Waals surface area contributed by atoms with E-state index in [1.165, 1.54) is 24.3 Å². The lowest BCUT2D eigenvalue weighted by atomic mass is 10.1. The van der Waals surface area contributed by atoms with E-state index in [1.54, 1.807) is 4.90 Å². The molecule has 1 aromatic carbocycles. The summed E-state index contributed by atoms with van der Waals surface area (Å²) >= 11 is 0. The molecule has 3 N–H and O–H groups in total. The molecule has 0 saturated carbocycles. The molecule has 21 heavy (non-hydrogen) atoms. The Kier molecular flexibility index (Phi) is 4.74. The van der Waals surface area contributed by atoms with Crippen LogP contribution in [0.15, 0.2) is 29.4 Å². The molecule has 0 aromatic heterocycles. The molecule has 1 amide bonds. The Morgan fingerprint density at radius 1 is 1.29 bits per heavy atom. The number of nitrogens with two attached hydrogens (primary N) is 1. The molecule has 6 nitrogen and oxygen atoms in total. The van der Waals surface area contributed by atoms with E-state index in [9.17, 15) is 9.18 Å². The highest BCUT2D eigenvalue weighted by atomic mass is 19.1. The average molecular weight is 294 g/mol. The molecule has 2 rings (SSSR count). The molecule has 7 heteroatoms. The van der Waals surface area contributed by atoms with Crippen LogP contribution in [0.2, 0.25) is 0 Å². The van der Waals surface area contributed by atoms with E-state index in [1.807, 2.05) is 11.8 Å². The van der Waals surface area contributed by atoms with Crippen LogP contribution in [0.5, 0.6) is 0 Å². The lowest BCUT2D eigenvalue weighted by Crippen LogP contribution is -2.54. The number of nitrogens with zero attached hydrogens (tertiary/aromatic N) is 3. The third kappa shape index (κ3) is 3.49. The van der Waals surface area contributed by atoms with E-state index in [0.29, 0.717) is 31.7 Å². The van der Waals surface area contributed by atoms with Crippen LogP contribution in [0.3, 0.4) is 0 Å². The Morgan fingerprint density at radius 3 is 2.38 bits per heavy atom. The van der Waals surface area contributed by atoms with Crippen molar-refractivity contribution in [2.24, 2.45) is 10.9 Å². The summed E-state index contributed by atoms with van der Waals surface area (Å²) in [4.78, 5) is 16.0. The van der Waals surface area contributed by atoms with E-state index in [4.69, 9.17) is 10.9 Å². The maximum Gasteiger partial charge on any atom is 0.253 e. The zero-order valence-electron chi connectivity index (χ0n) is 11.9. The number of hydrogen-bond acceptors (Lipinski definition) is 4. The first-order valence-corrected chi connectivity index (χ1v) is 6.79. The SMILES string of the molecule is CC(C(N)=NO)N1CCN(C(=O)c2ccc(F)cc2)CC1. The summed E-state index contributed by atoms with van der Waals surface area (Å²) in [6, 6.07) is 5.37. The van der Waals surface area contributed by atoms with E-state index < -0.39 is 0 Å². The zero-order chi connectivity index (χ0) is 15.4. The van der Waals surface area contributed by atoms with Crippen LogP contribution in [0.25, 0.3) is 0 Å². The Labute approximate surface area is 122 Å². The van der Waals surface area contributed by atoms with Gasteiger partial charge in [0.1, 0.15) is 5.82 Å². The highest BCUT2D eigenvalue weighted by Crippen LogP contribution is 2.11. The van der Waals surface area contributed by atoms with Gasteiger partial charge in [0.2, 0.25) is 0 Å². The van der Waals surface area contributed by atoms with Crippen LogP contribution < -0.4 is 5.73 Å². The highest BCUT2D eigenvalue weighted by molar-refractivity contribution is 5.94. The van der Waals surface area contributed by atoms with Gasteiger partial charge in [-0.2, -0.15) is 0 Å². The third-order valence-electron chi connectivity index (χ3n) is 3.78. The van der Waals surface area contributed by atoms with Crippen molar-refractivity contribution < 1.29 is 14.4 Å². The van der Waals surface area contributed by atoms with Gasteiger partial charge in [-0.25, -0.2) is 4.39 Å². The van der Waals surface area contributed by atoms with Crippen molar-refractivity contribution in [1.29, 1.82) is 0 Å². The Balaban J connectivity index is 1.94. The summed E-state index contributed by atoms with van der Waals surface area (Å²) in [6.07, 6.45) is 0. The lowest BCUT2D eigenvalue weighted by molar-refractivity contribution is 0.0619. The number of oxime groups is 1. The zero-order valence-corrected chi connectivity index (χ0v) is 11.9. The van der Waals surface area contributed by atoms with Gasteiger partial charge in [-0.15, -0.1) is 0 Å². The standard InChI is InChI=1S/C14H19FN4O2/c1-10(13(16)17-21)18-6-8-19(9-7-18)14(20)11-2-4-12(15)5-3-11/h2-5,10,21H,6-9H2,1H3,(H2,16,17). The second-order valence-electron chi connectivity index (χ2n) is 5.04. The molecule has 1 aromatic rings. The van der Waals surface area contributed by atoms with Gasteiger partial charge in [-0.05, 0) is 31.2 Å². The molecular formula is C14H19FN4O2. The highest BCUT2D eigenvalue weighted by Gasteiger charge is 2.26. The van der Waals surface area contributed by atoms with Crippen LogP contribution >= 0.6 is 0 Å². The third-order valence-corrected chi connectivity index (χ3v) is 3.78. The van der Waals surface area contributed by atoms with E-state index in [2.05, 4.69) is 5.16 Å². The van der Waals surface area contributed by atoms with E-state index in [-0.39, 0.29) is 23.6 Å². The van der Waals surface area contributed by atoms with Gasteiger partial charge in [-0.1, -0.05) is 5.16 Å². The molecule has 1 aliphatic heterocycles. The molecule has 1 fully saturated rings. The molecule has 0 spiro atoms. The molecule has 0 radical (unpaired) electrons. The van der Waals surface area contributed by atoms with Crippen LogP contribution in [0.4, 0.5) is 4.39 Å². The summed E-state index contributed by atoms with van der Waals surface area (Å²) in [5.74, 6) is -0.302. The fourth-order valence-electron chi connectivity index (χ4n) is 2.36. The predicted molar refractivity (Wildman–Crippen MR) is 76.7 cm³/mol. The maximum atomic E-state index is 12.9. The number of hydrogen-bond donors (Lipinski definition) is 2. The van der Waals surface area contributed by atoms with E-state index >= 15 is 0 Å². The van der Waals surface area contributed by atoms with Gasteiger partial charge in [-0.3, -0.25) is 9.69 Å². The van der Waals surface area contributed by atoms with Crippen molar-refractivity contribution in [3.63, 3.8) is 0 Å². The van der Waals surface area contributed by atoms with Crippen LogP contribution in [-0.4, -0.2) is 59.0 Å². The minimum Gasteiger partial charge on any atom is -0.409 e. The number of piperazine rings is 1. The quantitative estimate of drug-likeness (QED) is 0.372. The lowest BCUT2D eigenvalue weighted by Gasteiger charge is -2.37. The van der Waals surface area contributed by atoms with Crippen LogP contribution in [-0.2, 0) is 0 Å². The maximum absolute atomic E-state index is 12.9. The van der Waals surface area contributed by atoms with Gasteiger partial charge in [0, 0.05) is 31.7 Å². The van der Waals surface area contributed by atoms with Crippen molar-refractivity contribution >= 4 is 11.7 Å². The molecular weight excluding hydrogens is 275 g/mol. The Bertz CT molecular complexity index is 524. The number of amidine groups is 1. The minimum atomic E-state index is -0.357. The summed E-state index contributed by atoms with van der Waals surface area (Å²) in [5, 5.41) is 11.7. The van der Waals surface area contributed by atoms with E-state index in [0.717, 1.165) is 0 Å². The molecule has 114 valence electrons. The number of carbonyl (C=O) groups excluding carboxylic acids is 1. The number of rotatable bonds is 3. The van der Waals surface area contributed by atoms with Crippen molar-refractivity contribution in [2.75, 3.05) is 26.2 Å². The number of benzene rings is 1. The van der Waals surface area contributed by atoms with Crippen molar-refractivity contribution in [3.05, 3.63) is 35.6 Å². The minimum absolute atomic E-state index is 0.105. The summed E-state index contributed by atoms with van der Waals surface area (Å²) in [5.41, 5.74) is 6.07. The van der Waals surface area contributed by atoms with Gasteiger partial charge >= 0.3 is 0 Å².